The van der Waals surface area contributed by atoms with E-state index in [1.54, 1.807) is 67.1 Å². The Morgan fingerprint density at radius 3 is 2.50 bits per heavy atom. The minimum absolute atomic E-state index is 0.194. The van der Waals surface area contributed by atoms with Crippen LogP contribution in [0.25, 0.3) is 0 Å². The van der Waals surface area contributed by atoms with E-state index in [2.05, 4.69) is 10.6 Å². The summed E-state index contributed by atoms with van der Waals surface area (Å²) in [6.45, 7) is 6.13. The number of benzene rings is 2. The Morgan fingerprint density at radius 1 is 1.16 bits per heavy atom. The molecule has 0 aliphatic carbocycles. The normalized spacial score (nSPS) is 23.5. The van der Waals surface area contributed by atoms with Gasteiger partial charge >= 0.3 is 5.97 Å². The fourth-order valence-corrected chi connectivity index (χ4v) is 6.68. The van der Waals surface area contributed by atoms with Gasteiger partial charge in [0.25, 0.3) is 11.8 Å². The third-order valence-corrected chi connectivity index (χ3v) is 8.72. The zero-order valence-corrected chi connectivity index (χ0v) is 26.3. The van der Waals surface area contributed by atoms with Gasteiger partial charge in [0, 0.05) is 41.4 Å². The molecule has 0 saturated carbocycles. The highest BCUT2D eigenvalue weighted by atomic mass is 35.5. The van der Waals surface area contributed by atoms with Crippen molar-refractivity contribution in [2.24, 2.45) is 5.92 Å². The standard InChI is InChI=1S/C31H36Cl2N6O5/c1-4-44-28(42)20-6-5-11-37(17-20)27(41)18(2)36-26(40)25-16-35-30-38(24-13-21(32)12-22(33)14-24)29(43)31(3,39(25)30)15-19-7-9-23(34)10-8-19/h7-10,12-14,16,18,20,30,35H,4-6,11,15,17,34H2,1-3H3,(H,36,40)/t18-,20+,30?,31+/m0/s1. The summed E-state index contributed by atoms with van der Waals surface area (Å²) in [6.07, 6.45) is 2.36. The van der Waals surface area contributed by atoms with Crippen LogP contribution < -0.4 is 21.3 Å². The zero-order valence-electron chi connectivity index (χ0n) is 24.8. The number of carbonyl (C=O) groups excluding carboxylic acids is 4. The monoisotopic (exact) mass is 642 g/mol. The van der Waals surface area contributed by atoms with Crippen LogP contribution in [0.1, 0.15) is 39.2 Å². The Kier molecular flexibility index (Phi) is 8.99. The summed E-state index contributed by atoms with van der Waals surface area (Å²) in [6, 6.07) is 11.2. The minimum Gasteiger partial charge on any atom is -0.466 e. The van der Waals surface area contributed by atoms with Gasteiger partial charge in [-0.25, -0.2) is 0 Å². The number of nitrogens with two attached hydrogens (primary N) is 1. The van der Waals surface area contributed by atoms with Crippen molar-refractivity contribution < 1.29 is 23.9 Å². The molecule has 4 N–H and O–H groups in total. The number of nitrogens with one attached hydrogen (secondary N) is 2. The summed E-state index contributed by atoms with van der Waals surface area (Å²) >= 11 is 12.6. The lowest BCUT2D eigenvalue weighted by Gasteiger charge is -2.35. The highest BCUT2D eigenvalue weighted by Crippen LogP contribution is 2.42. The fourth-order valence-electron chi connectivity index (χ4n) is 6.17. The van der Waals surface area contributed by atoms with E-state index in [1.165, 1.54) is 4.90 Å². The molecule has 11 nitrogen and oxygen atoms in total. The van der Waals surface area contributed by atoms with Crippen molar-refractivity contribution >= 4 is 58.3 Å². The van der Waals surface area contributed by atoms with Gasteiger partial charge in [-0.15, -0.1) is 0 Å². The van der Waals surface area contributed by atoms with E-state index in [9.17, 15) is 19.2 Å². The Bertz CT molecular complexity index is 1480. The van der Waals surface area contributed by atoms with E-state index in [0.717, 1.165) is 5.56 Å². The maximum Gasteiger partial charge on any atom is 0.310 e. The number of carbonyl (C=O) groups is 4. The van der Waals surface area contributed by atoms with E-state index in [0.29, 0.717) is 40.8 Å². The molecule has 0 radical (unpaired) electrons. The number of rotatable bonds is 8. The van der Waals surface area contributed by atoms with E-state index >= 15 is 0 Å². The molecule has 13 heteroatoms. The van der Waals surface area contributed by atoms with Crippen molar-refractivity contribution in [3.05, 3.63) is 70.0 Å². The van der Waals surface area contributed by atoms with Gasteiger partial charge in [-0.2, -0.15) is 0 Å². The van der Waals surface area contributed by atoms with Crippen molar-refractivity contribution in [2.45, 2.75) is 57.9 Å². The molecular formula is C31H36Cl2N6O5. The molecule has 234 valence electrons. The van der Waals surface area contributed by atoms with Gasteiger partial charge in [-0.05, 0) is 69.5 Å². The van der Waals surface area contributed by atoms with Crippen LogP contribution in [0.3, 0.4) is 0 Å². The predicted octanol–water partition coefficient (Wildman–Crippen LogP) is 3.26. The van der Waals surface area contributed by atoms with Crippen molar-refractivity contribution in [1.82, 2.24) is 20.4 Å². The average Bonchev–Trinajstić information content (AvgIpc) is 3.51. The number of piperidine rings is 1. The Labute approximate surface area is 266 Å². The lowest BCUT2D eigenvalue weighted by molar-refractivity contribution is -0.151. The Balaban J connectivity index is 1.39. The number of hydrogen-bond donors (Lipinski definition) is 3. The van der Waals surface area contributed by atoms with Crippen molar-refractivity contribution in [1.29, 1.82) is 0 Å². The molecule has 2 aromatic rings. The van der Waals surface area contributed by atoms with Crippen molar-refractivity contribution in [2.75, 3.05) is 30.3 Å². The number of halogens is 2. The number of amides is 3. The summed E-state index contributed by atoms with van der Waals surface area (Å²) in [5.74, 6) is -1.81. The van der Waals surface area contributed by atoms with E-state index in [-0.39, 0.29) is 43.1 Å². The Hall–Kier alpha value is -3.96. The lowest BCUT2D eigenvalue weighted by Crippen LogP contribution is -2.54. The molecule has 2 fully saturated rings. The van der Waals surface area contributed by atoms with Crippen LogP contribution >= 0.6 is 23.2 Å². The third kappa shape index (κ3) is 6.03. The number of fused-ring (bicyclic) bond motifs is 1. The third-order valence-electron chi connectivity index (χ3n) is 8.29. The molecule has 44 heavy (non-hydrogen) atoms. The molecule has 5 rings (SSSR count). The van der Waals surface area contributed by atoms with Crippen LogP contribution in [0.15, 0.2) is 54.4 Å². The number of likely N-dealkylation sites (tertiary alicyclic amines) is 1. The van der Waals surface area contributed by atoms with Crippen LogP contribution in [-0.4, -0.2) is 71.1 Å². The molecule has 0 spiro atoms. The van der Waals surface area contributed by atoms with Crippen molar-refractivity contribution in [3.63, 3.8) is 0 Å². The summed E-state index contributed by atoms with van der Waals surface area (Å²) in [7, 11) is 0. The molecule has 3 aliphatic rings. The SMILES string of the molecule is CCOC(=O)[C@@H]1CCCN(C(=O)[C@H](C)NC(=O)C2=CNC3N(c4cc(Cl)cc(Cl)c4)C(=O)[C@@](C)(Cc4ccc(N)cc4)N23)C1. The second kappa shape index (κ2) is 12.6. The van der Waals surface area contributed by atoms with Gasteiger partial charge in [-0.3, -0.25) is 24.1 Å². The number of nitrogen functional groups attached to an aromatic ring is 1. The number of esters is 1. The van der Waals surface area contributed by atoms with Gasteiger partial charge in [-0.1, -0.05) is 35.3 Å². The van der Waals surface area contributed by atoms with Crippen LogP contribution in [0.4, 0.5) is 11.4 Å². The van der Waals surface area contributed by atoms with E-state index in [1.807, 2.05) is 12.1 Å². The van der Waals surface area contributed by atoms with E-state index < -0.39 is 29.7 Å². The van der Waals surface area contributed by atoms with Crippen molar-refractivity contribution in [3.8, 4) is 0 Å². The Morgan fingerprint density at radius 2 is 1.84 bits per heavy atom. The molecule has 0 aromatic heterocycles. The maximum absolute atomic E-state index is 14.2. The summed E-state index contributed by atoms with van der Waals surface area (Å²) in [5.41, 5.74) is 6.78. The second-order valence-corrected chi connectivity index (χ2v) is 12.4. The first-order valence-corrected chi connectivity index (χ1v) is 15.3. The van der Waals surface area contributed by atoms with E-state index in [4.69, 9.17) is 33.7 Å². The summed E-state index contributed by atoms with van der Waals surface area (Å²) in [4.78, 5) is 58.5. The molecule has 2 saturated heterocycles. The number of anilines is 2. The highest BCUT2D eigenvalue weighted by molar-refractivity contribution is 6.35. The average molecular weight is 644 g/mol. The molecule has 1 unspecified atom stereocenters. The van der Waals surface area contributed by atoms with Crippen LogP contribution in [0, 0.1) is 5.92 Å². The first-order chi connectivity index (χ1) is 20.9. The lowest BCUT2D eigenvalue weighted by atomic mass is 9.90. The fraction of sp³-hybridized carbons (Fsp3) is 0.419. The minimum atomic E-state index is -1.21. The number of nitrogens with zero attached hydrogens (tertiary/aromatic N) is 3. The maximum atomic E-state index is 14.2. The second-order valence-electron chi connectivity index (χ2n) is 11.5. The highest BCUT2D eigenvalue weighted by Gasteiger charge is 2.58. The van der Waals surface area contributed by atoms with Gasteiger partial charge < -0.3 is 30.9 Å². The molecular weight excluding hydrogens is 607 g/mol. The van der Waals surface area contributed by atoms with Gasteiger partial charge in [0.1, 0.15) is 17.3 Å². The smallest absolute Gasteiger partial charge is 0.310 e. The predicted molar refractivity (Wildman–Crippen MR) is 167 cm³/mol. The summed E-state index contributed by atoms with van der Waals surface area (Å²) in [5, 5.41) is 6.70. The molecule has 3 amide bonds. The first-order valence-electron chi connectivity index (χ1n) is 14.6. The molecule has 0 bridgehead atoms. The molecule has 3 heterocycles. The molecule has 4 atom stereocenters. The number of ether oxygens (including phenoxy) is 1. The molecule has 3 aliphatic heterocycles. The van der Waals surface area contributed by atoms with Gasteiger partial charge in [0.2, 0.25) is 5.91 Å². The van der Waals surface area contributed by atoms with Gasteiger partial charge in [0.15, 0.2) is 6.29 Å². The van der Waals surface area contributed by atoms with Gasteiger partial charge in [0.05, 0.1) is 18.2 Å². The largest absolute Gasteiger partial charge is 0.466 e. The van der Waals surface area contributed by atoms with Crippen LogP contribution in [0.5, 0.6) is 0 Å². The zero-order chi connectivity index (χ0) is 31.8. The first kappa shape index (κ1) is 31.5. The summed E-state index contributed by atoms with van der Waals surface area (Å²) < 4.78 is 5.15. The quantitative estimate of drug-likeness (QED) is 0.295. The topological polar surface area (TPSA) is 137 Å². The van der Waals surface area contributed by atoms with Crippen LogP contribution in [0.2, 0.25) is 10.0 Å². The van der Waals surface area contributed by atoms with Crippen LogP contribution in [-0.2, 0) is 30.3 Å². The molecule has 2 aromatic carbocycles. The number of hydrogen-bond acceptors (Lipinski definition) is 8.